The molecule has 9 N–H and O–H groups in total. The first kappa shape index (κ1) is 62.3. The van der Waals surface area contributed by atoms with Crippen molar-refractivity contribution in [1.82, 2.24) is 46.4 Å². The number of benzene rings is 2. The zero-order valence-corrected chi connectivity index (χ0v) is 48.1. The molecule has 4 unspecified atom stereocenters. The van der Waals surface area contributed by atoms with E-state index in [9.17, 15) is 43.2 Å². The van der Waals surface area contributed by atoms with E-state index in [1.54, 1.807) is 24.6 Å². The van der Waals surface area contributed by atoms with Crippen LogP contribution < -0.4 is 43.2 Å². The van der Waals surface area contributed by atoms with Crippen LogP contribution in [0.1, 0.15) is 77.1 Å². The van der Waals surface area contributed by atoms with Crippen molar-refractivity contribution in [2.75, 3.05) is 47.1 Å². The number of rotatable bonds is 24. The molecular weight excluding hydrogens is 1220 g/mol. The second-order valence-electron chi connectivity index (χ2n) is 18.4. The van der Waals surface area contributed by atoms with Crippen LogP contribution in [0.15, 0.2) is 71.7 Å². The molecule has 7 amide bonds. The summed E-state index contributed by atoms with van der Waals surface area (Å²) >= 11 is 0.636. The molecule has 2 aromatic heterocycles. The van der Waals surface area contributed by atoms with E-state index in [0.717, 1.165) is 27.9 Å². The van der Waals surface area contributed by atoms with E-state index in [4.69, 9.17) is 24.4 Å². The smallest absolute Gasteiger partial charge is 0.480 e. The van der Waals surface area contributed by atoms with Crippen molar-refractivity contribution in [3.8, 4) is 11.4 Å². The third kappa shape index (κ3) is 16.3. The monoisotopic (exact) mass is 1290 g/mol. The van der Waals surface area contributed by atoms with Gasteiger partial charge in [-0.3, -0.25) is 19.2 Å². The summed E-state index contributed by atoms with van der Waals surface area (Å²) in [6.45, 7) is 5.95. The number of halogens is 1. The number of hydrogen-bond donors (Lipinski definition) is 8. The molecule has 25 heteroatoms. The van der Waals surface area contributed by atoms with Gasteiger partial charge in [0.2, 0.25) is 6.41 Å². The van der Waals surface area contributed by atoms with Gasteiger partial charge in [0.1, 0.15) is 12.1 Å². The molecule has 7 rings (SSSR count). The second kappa shape index (κ2) is 30.0. The summed E-state index contributed by atoms with van der Waals surface area (Å²) in [6.07, 6.45) is 4.09. The standard InChI is InChI=1S/C50H54FN8O10.C3H7NO2.CH3NO.Pb/c1-6-31(24-60)33-18-39-48-34(22-59(39)50(67)35(33)25-68-5)47-37(14-13-32-29(4)36(51)19-38(56-48)46(32)47)57-49(66)40(17-30-10-8-7-9-11-30)69-26-54-41(61)16-27(2)55-43(63)21-52-42(62)20-53-44(64)23-58-28(3)12-15-45(58)65;1-4-2-3(5)6;2-1-3;/h7-12,15,18-19,24,27,31,37,40H,2-3,6,13-14,16-17,20-23,25-26H2,1,4-5H3,(H,52,62)(H,53,64)(H,54,61)(H,55,63)(H,57,66);4H,2H2,1H3,(H,5,6);1H,(H2,2,3);. The molecule has 4 aromatic rings. The molecule has 2 aliphatic heterocycles. The van der Waals surface area contributed by atoms with Gasteiger partial charge in [0.05, 0.1) is 36.6 Å². The Morgan fingerprint density at radius 2 is 1.68 bits per heavy atom. The van der Waals surface area contributed by atoms with Crippen LogP contribution in [0, 0.1) is 12.7 Å². The SMILES string of the molecule is C=C1C=CC(=O)N1CC(=O)NCC(=O)NCC(=O)NC([CH2][Pb])CC(=O)NCOC(Cc1ccccc1)C(=O)NC1CCc2c(C)c(F)cc3nc4c(c1c23)Cn1c-4cc(C(C=O)CC)c(COC)c1=O.CNCC(=O)O.NC=O. The molecule has 1 aliphatic carbocycles. The van der Waals surface area contributed by atoms with Crippen LogP contribution in [0.2, 0.25) is 3.98 Å². The van der Waals surface area contributed by atoms with Gasteiger partial charge in [-0.1, -0.05) is 19.6 Å². The number of amides is 7. The van der Waals surface area contributed by atoms with Crippen molar-refractivity contribution in [1.29, 1.82) is 0 Å². The van der Waals surface area contributed by atoms with E-state index in [1.165, 1.54) is 25.3 Å². The number of methoxy groups -OCH3 is 1. The van der Waals surface area contributed by atoms with Gasteiger partial charge in [-0.2, -0.15) is 0 Å². The maximum atomic E-state index is 15.6. The fraction of sp³-hybridized carbons (Fsp3) is 0.389. The number of aromatic nitrogens is 2. The van der Waals surface area contributed by atoms with E-state index in [0.29, 0.717) is 99.3 Å². The molecular formula is C54H64FN10O13Pb. The molecule has 4 heterocycles. The molecule has 0 saturated carbocycles. The van der Waals surface area contributed by atoms with Crippen molar-refractivity contribution in [2.24, 2.45) is 5.73 Å². The first-order valence-corrected chi connectivity index (χ1v) is 27.8. The Labute approximate surface area is 470 Å². The van der Waals surface area contributed by atoms with Crippen molar-refractivity contribution >= 4 is 90.8 Å². The zero-order valence-electron chi connectivity index (χ0n) is 44.2. The number of nitrogens with two attached hydrogens (primary N) is 1. The summed E-state index contributed by atoms with van der Waals surface area (Å²) in [4.78, 5) is 127. The number of carbonyl (C=O) groups is 9. The van der Waals surface area contributed by atoms with Gasteiger partial charge in [-0.05, 0) is 55.6 Å². The number of allylic oxidation sites excluding steroid dienone is 1. The molecule has 4 atom stereocenters. The van der Waals surface area contributed by atoms with E-state index >= 15 is 4.39 Å². The van der Waals surface area contributed by atoms with Crippen LogP contribution in [0.5, 0.6) is 0 Å². The number of nitrogens with zero attached hydrogens (tertiary/aromatic N) is 3. The average Bonchev–Trinajstić information content (AvgIpc) is 4.20. The fourth-order valence-corrected chi connectivity index (χ4v) is 10.2. The number of carbonyl (C=O) groups excluding carboxylic acids is 8. The van der Waals surface area contributed by atoms with Gasteiger partial charge >= 0.3 is 225 Å². The molecule has 0 spiro atoms. The van der Waals surface area contributed by atoms with Crippen LogP contribution in [0.25, 0.3) is 22.3 Å². The van der Waals surface area contributed by atoms with Crippen LogP contribution in [-0.2, 0) is 78.6 Å². The molecule has 23 nitrogen and oxygen atoms in total. The molecule has 3 aliphatic rings. The minimum absolute atomic E-state index is 0.000848. The number of carboxylic acids is 1. The number of pyridine rings is 2. The van der Waals surface area contributed by atoms with Crippen LogP contribution in [-0.4, -0.2) is 159 Å². The molecule has 0 saturated heterocycles. The van der Waals surface area contributed by atoms with E-state index < -0.39 is 84.4 Å². The van der Waals surface area contributed by atoms with Crippen molar-refractivity contribution in [2.45, 2.75) is 87.2 Å². The summed E-state index contributed by atoms with van der Waals surface area (Å²) in [5, 5.41) is 24.5. The molecule has 0 fully saturated rings. The van der Waals surface area contributed by atoms with Crippen LogP contribution in [0.3, 0.4) is 0 Å². The summed E-state index contributed by atoms with van der Waals surface area (Å²) in [5.41, 5.74) is 9.94. The van der Waals surface area contributed by atoms with Crippen molar-refractivity contribution in [3.63, 3.8) is 0 Å². The van der Waals surface area contributed by atoms with Gasteiger partial charge in [-0.25, -0.2) is 9.37 Å². The second-order valence-corrected chi connectivity index (χ2v) is 20.0. The number of nitrogens with one attached hydrogen (secondary N) is 6. The van der Waals surface area contributed by atoms with E-state index in [-0.39, 0.29) is 57.8 Å². The summed E-state index contributed by atoms with van der Waals surface area (Å²) in [5.74, 6) is -4.87. The van der Waals surface area contributed by atoms with Crippen LogP contribution >= 0.6 is 0 Å². The van der Waals surface area contributed by atoms with Gasteiger partial charge in [0, 0.05) is 47.4 Å². The molecule has 3 radical (unpaired) electrons. The Morgan fingerprint density at radius 3 is 2.29 bits per heavy atom. The van der Waals surface area contributed by atoms with E-state index in [2.05, 4.69) is 44.2 Å². The number of fused-ring (bicyclic) bond motifs is 4. The van der Waals surface area contributed by atoms with E-state index in [1.807, 2.05) is 37.3 Å². The number of aldehydes is 1. The van der Waals surface area contributed by atoms with Crippen molar-refractivity contribution in [3.05, 3.63) is 122 Å². The first-order valence-electron chi connectivity index (χ1n) is 25.1. The summed E-state index contributed by atoms with van der Waals surface area (Å²) in [7, 11) is 3.08. The minimum atomic E-state index is -1.08. The number of ether oxygens (including phenoxy) is 2. The predicted molar refractivity (Wildman–Crippen MR) is 287 cm³/mol. The summed E-state index contributed by atoms with van der Waals surface area (Å²) in [6, 6.07) is 11.3. The Balaban J connectivity index is 0.00000118. The van der Waals surface area contributed by atoms with Crippen molar-refractivity contribution < 1.29 is 62.1 Å². The van der Waals surface area contributed by atoms with Crippen LogP contribution in [0.4, 0.5) is 4.39 Å². The fourth-order valence-electron chi connectivity index (χ4n) is 9.25. The Hall–Kier alpha value is -7.56. The Bertz CT molecular complexity index is 3040. The number of aryl methyl sites for hydroxylation is 1. The number of hydrogen-bond acceptors (Lipinski definition) is 14. The first-order chi connectivity index (χ1) is 37.8. The summed E-state index contributed by atoms with van der Waals surface area (Å²) < 4.78 is 29.2. The van der Waals surface area contributed by atoms with Gasteiger partial charge in [0.25, 0.3) is 11.5 Å². The normalized spacial score (nSPS) is 14.7. The topological polar surface area (TPSA) is 329 Å². The molecule has 0 bridgehead atoms. The third-order valence-electron chi connectivity index (χ3n) is 13.1. The average molecular weight is 1290 g/mol. The van der Waals surface area contributed by atoms with Gasteiger partial charge in [0.15, 0.2) is 0 Å². The van der Waals surface area contributed by atoms with Gasteiger partial charge in [-0.15, -0.1) is 0 Å². The number of primary amides is 1. The Morgan fingerprint density at radius 1 is 0.987 bits per heavy atom. The Kier molecular flexibility index (Phi) is 23.6. The predicted octanol–water partition coefficient (Wildman–Crippen LogP) is 0.515. The number of likely N-dealkylation sites (N-methyl/N-ethyl adjacent to an activating group) is 1. The number of carboxylic acid groups (broad SMARTS) is 1. The minimum Gasteiger partial charge on any atom is -0.480 e. The molecule has 79 heavy (non-hydrogen) atoms. The molecule has 2 aromatic carbocycles. The van der Waals surface area contributed by atoms with Gasteiger partial charge < -0.3 is 30.3 Å². The molecule has 419 valence electrons. The third-order valence-corrected chi connectivity index (χ3v) is 15.0. The quantitative estimate of drug-likeness (QED) is 0.0237. The maximum absolute atomic E-state index is 15.6. The number of aliphatic carboxylic acids is 1. The zero-order chi connectivity index (χ0) is 57.9.